The molecule has 0 radical (unpaired) electrons. The quantitative estimate of drug-likeness (QED) is 0.743. The molecule has 30 heavy (non-hydrogen) atoms. The standard InChI is InChI=1S/C21H21F3N2O4/c1-29-17-7-5-15(6-8-17)20(28)26-11-9-25(10-12-26)19(27)14-30-18-4-2-3-16(13-18)21(22,23)24/h2-8,13H,9-12,14H2,1H3. The summed E-state index contributed by atoms with van der Waals surface area (Å²) in [6, 6.07) is 11.2. The zero-order valence-corrected chi connectivity index (χ0v) is 16.3. The molecule has 0 atom stereocenters. The average molecular weight is 422 g/mol. The maximum absolute atomic E-state index is 12.8. The van der Waals surface area contributed by atoms with Crippen molar-refractivity contribution >= 4 is 11.8 Å². The number of halogens is 3. The summed E-state index contributed by atoms with van der Waals surface area (Å²) in [5.41, 5.74) is -0.304. The predicted molar refractivity (Wildman–Crippen MR) is 102 cm³/mol. The van der Waals surface area contributed by atoms with E-state index in [1.165, 1.54) is 17.0 Å². The summed E-state index contributed by atoms with van der Waals surface area (Å²) >= 11 is 0. The molecule has 0 saturated carbocycles. The van der Waals surface area contributed by atoms with Crippen LogP contribution >= 0.6 is 0 Å². The van der Waals surface area contributed by atoms with Crippen molar-refractivity contribution in [3.05, 3.63) is 59.7 Å². The van der Waals surface area contributed by atoms with Crippen LogP contribution in [0.5, 0.6) is 11.5 Å². The fraction of sp³-hybridized carbons (Fsp3) is 0.333. The van der Waals surface area contributed by atoms with E-state index in [0.717, 1.165) is 12.1 Å². The first-order chi connectivity index (χ1) is 14.3. The molecular weight excluding hydrogens is 401 g/mol. The molecule has 0 aliphatic carbocycles. The van der Waals surface area contributed by atoms with Crippen LogP contribution in [0.2, 0.25) is 0 Å². The van der Waals surface area contributed by atoms with Gasteiger partial charge in [0.2, 0.25) is 0 Å². The largest absolute Gasteiger partial charge is 0.497 e. The number of carbonyl (C=O) groups is 2. The minimum Gasteiger partial charge on any atom is -0.497 e. The lowest BCUT2D eigenvalue weighted by molar-refractivity contribution is -0.137. The third-order valence-electron chi connectivity index (χ3n) is 4.78. The van der Waals surface area contributed by atoms with Gasteiger partial charge in [0.15, 0.2) is 6.61 Å². The van der Waals surface area contributed by atoms with Crippen molar-refractivity contribution in [3.8, 4) is 11.5 Å². The van der Waals surface area contributed by atoms with Crippen molar-refractivity contribution in [3.63, 3.8) is 0 Å². The Kier molecular flexibility index (Phi) is 6.49. The first kappa shape index (κ1) is 21.5. The van der Waals surface area contributed by atoms with E-state index >= 15 is 0 Å². The summed E-state index contributed by atoms with van der Waals surface area (Å²) in [5.74, 6) is 0.156. The second kappa shape index (κ2) is 9.06. The highest BCUT2D eigenvalue weighted by Crippen LogP contribution is 2.31. The van der Waals surface area contributed by atoms with Crippen LogP contribution in [0.1, 0.15) is 15.9 Å². The van der Waals surface area contributed by atoms with E-state index in [9.17, 15) is 22.8 Å². The summed E-state index contributed by atoms with van der Waals surface area (Å²) in [6.45, 7) is 1.01. The van der Waals surface area contributed by atoms with E-state index in [1.54, 1.807) is 36.3 Å². The van der Waals surface area contributed by atoms with Crippen LogP contribution in [-0.4, -0.2) is 61.5 Å². The van der Waals surface area contributed by atoms with Gasteiger partial charge in [0.25, 0.3) is 11.8 Å². The highest BCUT2D eigenvalue weighted by molar-refractivity contribution is 5.94. The maximum Gasteiger partial charge on any atom is 0.416 e. The Hall–Kier alpha value is -3.23. The van der Waals surface area contributed by atoms with Gasteiger partial charge in [0.1, 0.15) is 11.5 Å². The highest BCUT2D eigenvalue weighted by Gasteiger charge is 2.31. The fourth-order valence-corrected chi connectivity index (χ4v) is 3.07. The van der Waals surface area contributed by atoms with Crippen LogP contribution < -0.4 is 9.47 Å². The summed E-state index contributed by atoms with van der Waals surface area (Å²) in [7, 11) is 1.55. The van der Waals surface area contributed by atoms with Gasteiger partial charge in [-0.3, -0.25) is 9.59 Å². The Bertz CT molecular complexity index is 892. The Balaban J connectivity index is 1.50. The first-order valence-electron chi connectivity index (χ1n) is 9.29. The Morgan fingerprint density at radius 3 is 2.17 bits per heavy atom. The number of ether oxygens (including phenoxy) is 2. The number of amides is 2. The van der Waals surface area contributed by atoms with Gasteiger partial charge >= 0.3 is 6.18 Å². The molecule has 0 N–H and O–H groups in total. The van der Waals surface area contributed by atoms with Gasteiger partial charge in [0, 0.05) is 31.7 Å². The molecule has 2 aromatic carbocycles. The zero-order valence-electron chi connectivity index (χ0n) is 16.3. The molecule has 3 rings (SSSR count). The lowest BCUT2D eigenvalue weighted by atomic mass is 10.1. The maximum atomic E-state index is 12.8. The van der Waals surface area contributed by atoms with Gasteiger partial charge in [-0.1, -0.05) is 6.07 Å². The van der Waals surface area contributed by atoms with Gasteiger partial charge in [-0.15, -0.1) is 0 Å². The number of hydrogen-bond donors (Lipinski definition) is 0. The van der Waals surface area contributed by atoms with Crippen molar-refractivity contribution in [2.75, 3.05) is 39.9 Å². The SMILES string of the molecule is COc1ccc(C(=O)N2CCN(C(=O)COc3cccc(C(F)(F)F)c3)CC2)cc1. The van der Waals surface area contributed by atoms with Crippen molar-refractivity contribution in [2.45, 2.75) is 6.18 Å². The van der Waals surface area contributed by atoms with E-state index in [2.05, 4.69) is 0 Å². The van der Waals surface area contributed by atoms with Crippen LogP contribution in [0, 0.1) is 0 Å². The summed E-state index contributed by atoms with van der Waals surface area (Å²) in [5, 5.41) is 0. The lowest BCUT2D eigenvalue weighted by Gasteiger charge is -2.34. The minimum absolute atomic E-state index is 0.0218. The van der Waals surface area contributed by atoms with Gasteiger partial charge in [-0.05, 0) is 42.5 Å². The molecule has 160 valence electrons. The lowest BCUT2D eigenvalue weighted by Crippen LogP contribution is -2.51. The van der Waals surface area contributed by atoms with Crippen LogP contribution in [0.25, 0.3) is 0 Å². The number of benzene rings is 2. The van der Waals surface area contributed by atoms with Crippen LogP contribution in [0.3, 0.4) is 0 Å². The molecule has 1 heterocycles. The molecular formula is C21H21F3N2O4. The number of carbonyl (C=O) groups excluding carboxylic acids is 2. The molecule has 0 unspecified atom stereocenters. The zero-order chi connectivity index (χ0) is 21.7. The van der Waals surface area contributed by atoms with Crippen LogP contribution in [-0.2, 0) is 11.0 Å². The number of rotatable bonds is 5. The first-order valence-corrected chi connectivity index (χ1v) is 9.29. The van der Waals surface area contributed by atoms with Crippen LogP contribution in [0.4, 0.5) is 13.2 Å². The molecule has 1 saturated heterocycles. The number of methoxy groups -OCH3 is 1. The summed E-state index contributed by atoms with van der Waals surface area (Å²) < 4.78 is 48.6. The average Bonchev–Trinajstić information content (AvgIpc) is 2.77. The van der Waals surface area contributed by atoms with Crippen LogP contribution in [0.15, 0.2) is 48.5 Å². The van der Waals surface area contributed by atoms with Crippen molar-refractivity contribution in [1.29, 1.82) is 0 Å². The predicted octanol–water partition coefficient (Wildman–Crippen LogP) is 3.08. The summed E-state index contributed by atoms with van der Waals surface area (Å²) in [6.07, 6.45) is -4.48. The monoisotopic (exact) mass is 422 g/mol. The molecule has 0 spiro atoms. The van der Waals surface area contributed by atoms with Crippen molar-refractivity contribution in [2.24, 2.45) is 0 Å². The normalized spacial score (nSPS) is 14.4. The van der Waals surface area contributed by atoms with E-state index in [4.69, 9.17) is 9.47 Å². The van der Waals surface area contributed by atoms with E-state index < -0.39 is 11.7 Å². The second-order valence-electron chi connectivity index (χ2n) is 6.72. The Morgan fingerprint density at radius 1 is 0.933 bits per heavy atom. The topological polar surface area (TPSA) is 59.1 Å². The third-order valence-corrected chi connectivity index (χ3v) is 4.78. The molecule has 1 fully saturated rings. The smallest absolute Gasteiger partial charge is 0.416 e. The number of alkyl halides is 3. The molecule has 0 aromatic heterocycles. The number of nitrogens with zero attached hydrogens (tertiary/aromatic N) is 2. The van der Waals surface area contributed by atoms with Gasteiger partial charge < -0.3 is 19.3 Å². The Morgan fingerprint density at radius 2 is 1.57 bits per heavy atom. The van der Waals surface area contributed by atoms with E-state index in [0.29, 0.717) is 37.5 Å². The van der Waals surface area contributed by atoms with Crippen molar-refractivity contribution in [1.82, 2.24) is 9.80 Å². The molecule has 6 nitrogen and oxygen atoms in total. The molecule has 2 aromatic rings. The molecule has 1 aliphatic rings. The second-order valence-corrected chi connectivity index (χ2v) is 6.72. The minimum atomic E-state index is -4.48. The molecule has 0 bridgehead atoms. The highest BCUT2D eigenvalue weighted by atomic mass is 19.4. The van der Waals surface area contributed by atoms with E-state index in [1.807, 2.05) is 0 Å². The van der Waals surface area contributed by atoms with Gasteiger partial charge in [-0.2, -0.15) is 13.2 Å². The third kappa shape index (κ3) is 5.22. The Labute approximate surface area is 171 Å². The molecule has 1 aliphatic heterocycles. The summed E-state index contributed by atoms with van der Waals surface area (Å²) in [4.78, 5) is 28.1. The fourth-order valence-electron chi connectivity index (χ4n) is 3.07. The van der Waals surface area contributed by atoms with Gasteiger partial charge in [0.05, 0.1) is 12.7 Å². The molecule has 9 heteroatoms. The number of piperazine rings is 1. The molecule has 2 amide bonds. The van der Waals surface area contributed by atoms with E-state index in [-0.39, 0.29) is 24.2 Å². The number of hydrogen-bond acceptors (Lipinski definition) is 4. The van der Waals surface area contributed by atoms with Crippen molar-refractivity contribution < 1.29 is 32.2 Å². The van der Waals surface area contributed by atoms with Gasteiger partial charge in [-0.25, -0.2) is 0 Å².